The number of amides is 3. The fourth-order valence-electron chi connectivity index (χ4n) is 2.98. The summed E-state index contributed by atoms with van der Waals surface area (Å²) in [6.07, 6.45) is 10.7. The average Bonchev–Trinajstić information content (AvgIpc) is 3.09. The molecular formula is C24H28N2O5S. The van der Waals surface area contributed by atoms with Gasteiger partial charge in [0, 0.05) is 37.1 Å². The molecule has 32 heavy (non-hydrogen) atoms. The number of thioether (sulfide) groups is 1. The number of terminal acetylenes is 1. The van der Waals surface area contributed by atoms with Crippen molar-refractivity contribution in [3.63, 3.8) is 0 Å². The van der Waals surface area contributed by atoms with Crippen molar-refractivity contribution in [1.29, 1.82) is 0 Å². The number of imide groups is 1. The van der Waals surface area contributed by atoms with Crippen molar-refractivity contribution in [2.45, 2.75) is 50.3 Å². The van der Waals surface area contributed by atoms with Crippen molar-refractivity contribution >= 4 is 41.5 Å². The number of rotatable bonds is 12. The second-order valence-electron chi connectivity index (χ2n) is 7.17. The smallest absolute Gasteiger partial charge is 0.330 e. The minimum atomic E-state index is -0.717. The van der Waals surface area contributed by atoms with Gasteiger partial charge in [0.25, 0.3) is 11.8 Å². The summed E-state index contributed by atoms with van der Waals surface area (Å²) in [5, 5.41) is 0.510. The second kappa shape index (κ2) is 13.4. The Hall–Kier alpha value is -3.05. The Bertz CT molecular complexity index is 890. The molecule has 0 bridgehead atoms. The lowest BCUT2D eigenvalue weighted by atomic mass is 10.2. The molecule has 1 aromatic rings. The normalized spacial score (nSPS) is 13.4. The van der Waals surface area contributed by atoms with E-state index in [0.717, 1.165) is 17.7 Å². The number of hydrogen-bond donors (Lipinski definition) is 0. The summed E-state index contributed by atoms with van der Waals surface area (Å²) >= 11 is 1.79. The summed E-state index contributed by atoms with van der Waals surface area (Å²) in [7, 11) is 0. The van der Waals surface area contributed by atoms with Gasteiger partial charge in [0.15, 0.2) is 0 Å². The zero-order chi connectivity index (χ0) is 23.3. The molecule has 1 saturated heterocycles. The van der Waals surface area contributed by atoms with Crippen molar-refractivity contribution in [2.75, 3.05) is 18.8 Å². The molecule has 1 aliphatic heterocycles. The predicted molar refractivity (Wildman–Crippen MR) is 123 cm³/mol. The molecule has 0 N–H and O–H groups in total. The van der Waals surface area contributed by atoms with Gasteiger partial charge in [0.05, 0.1) is 6.54 Å². The first-order chi connectivity index (χ1) is 15.5. The fraction of sp³-hybridized carbons (Fsp3) is 0.417. The molecule has 0 saturated carbocycles. The molecule has 0 aliphatic carbocycles. The highest BCUT2D eigenvalue weighted by molar-refractivity contribution is 7.99. The minimum absolute atomic E-state index is 0.0426. The zero-order valence-corrected chi connectivity index (χ0v) is 19.1. The summed E-state index contributed by atoms with van der Waals surface area (Å²) in [4.78, 5) is 54.9. The van der Waals surface area contributed by atoms with Crippen molar-refractivity contribution in [3.05, 3.63) is 35.9 Å². The van der Waals surface area contributed by atoms with E-state index in [0.29, 0.717) is 11.6 Å². The molecule has 7 nitrogen and oxygen atoms in total. The lowest BCUT2D eigenvalue weighted by molar-refractivity contribution is -0.197. The van der Waals surface area contributed by atoms with Crippen molar-refractivity contribution in [1.82, 2.24) is 9.96 Å². The Morgan fingerprint density at radius 2 is 1.94 bits per heavy atom. The van der Waals surface area contributed by atoms with Crippen LogP contribution in [-0.4, -0.2) is 52.5 Å². The highest BCUT2D eigenvalue weighted by Crippen LogP contribution is 2.24. The van der Waals surface area contributed by atoms with Gasteiger partial charge in [0.1, 0.15) is 0 Å². The maximum absolute atomic E-state index is 12.5. The molecule has 2 rings (SSSR count). The van der Waals surface area contributed by atoms with Crippen LogP contribution in [0.2, 0.25) is 0 Å². The third-order valence-electron chi connectivity index (χ3n) is 4.61. The monoisotopic (exact) mass is 456 g/mol. The second-order valence-corrected chi connectivity index (χ2v) is 8.30. The first-order valence-electron chi connectivity index (χ1n) is 10.6. The lowest BCUT2D eigenvalue weighted by Gasteiger charge is -2.18. The lowest BCUT2D eigenvalue weighted by Crippen LogP contribution is -2.33. The third-order valence-corrected chi connectivity index (χ3v) is 5.90. The van der Waals surface area contributed by atoms with Crippen LogP contribution in [0.4, 0.5) is 0 Å². The Kier molecular flexibility index (Phi) is 10.5. The van der Waals surface area contributed by atoms with Crippen LogP contribution in [0.15, 0.2) is 35.2 Å². The van der Waals surface area contributed by atoms with Crippen LogP contribution in [0, 0.1) is 12.3 Å². The predicted octanol–water partition coefficient (Wildman–Crippen LogP) is 3.44. The Balaban J connectivity index is 1.83. The molecule has 0 spiro atoms. The van der Waals surface area contributed by atoms with E-state index in [2.05, 4.69) is 18.9 Å². The van der Waals surface area contributed by atoms with Gasteiger partial charge < -0.3 is 9.74 Å². The first-order valence-corrected chi connectivity index (χ1v) is 11.6. The maximum atomic E-state index is 12.5. The largest absolute Gasteiger partial charge is 0.333 e. The van der Waals surface area contributed by atoms with Gasteiger partial charge in [0.2, 0.25) is 5.91 Å². The Morgan fingerprint density at radius 3 is 2.62 bits per heavy atom. The van der Waals surface area contributed by atoms with E-state index in [9.17, 15) is 19.2 Å². The topological polar surface area (TPSA) is 84.0 Å². The quantitative estimate of drug-likeness (QED) is 0.272. The Labute approximate surface area is 193 Å². The number of benzene rings is 1. The number of nitrogens with zero attached hydrogens (tertiary/aromatic N) is 2. The van der Waals surface area contributed by atoms with Crippen LogP contribution in [0.5, 0.6) is 0 Å². The molecule has 3 amide bonds. The number of hydroxylamine groups is 2. The molecule has 1 fully saturated rings. The highest BCUT2D eigenvalue weighted by atomic mass is 32.2. The van der Waals surface area contributed by atoms with Crippen LogP contribution < -0.4 is 0 Å². The van der Waals surface area contributed by atoms with Gasteiger partial charge >= 0.3 is 5.97 Å². The SMILES string of the molecule is C#CCN(C/C=C/c1ccccc1SCCC)C(=O)CCCC(=O)ON1C(=O)CCC1=O. The fourth-order valence-corrected chi connectivity index (χ4v) is 3.88. The van der Waals surface area contributed by atoms with Crippen molar-refractivity contribution in [3.8, 4) is 12.3 Å². The van der Waals surface area contributed by atoms with E-state index in [1.54, 1.807) is 11.8 Å². The van der Waals surface area contributed by atoms with Crippen molar-refractivity contribution in [2.24, 2.45) is 0 Å². The Morgan fingerprint density at radius 1 is 1.22 bits per heavy atom. The number of carbonyl (C=O) groups is 4. The molecular weight excluding hydrogens is 428 g/mol. The minimum Gasteiger partial charge on any atom is -0.330 e. The maximum Gasteiger partial charge on any atom is 0.333 e. The van der Waals surface area contributed by atoms with Crippen LogP contribution in [0.25, 0.3) is 6.08 Å². The highest BCUT2D eigenvalue weighted by Gasteiger charge is 2.32. The molecule has 170 valence electrons. The van der Waals surface area contributed by atoms with E-state index in [1.807, 2.05) is 30.4 Å². The van der Waals surface area contributed by atoms with Crippen LogP contribution in [-0.2, 0) is 24.0 Å². The third kappa shape index (κ3) is 7.89. The number of carbonyl (C=O) groups excluding carboxylic acids is 4. The molecule has 8 heteroatoms. The molecule has 0 unspecified atom stereocenters. The first kappa shape index (κ1) is 25.2. The van der Waals surface area contributed by atoms with E-state index < -0.39 is 17.8 Å². The average molecular weight is 457 g/mol. The van der Waals surface area contributed by atoms with Gasteiger partial charge in [-0.25, -0.2) is 4.79 Å². The summed E-state index contributed by atoms with van der Waals surface area (Å²) < 4.78 is 0. The van der Waals surface area contributed by atoms with E-state index in [4.69, 9.17) is 11.3 Å². The van der Waals surface area contributed by atoms with Gasteiger partial charge in [-0.1, -0.05) is 43.2 Å². The van der Waals surface area contributed by atoms with Crippen LogP contribution in [0.3, 0.4) is 0 Å². The number of hydrogen-bond acceptors (Lipinski definition) is 6. The summed E-state index contributed by atoms with van der Waals surface area (Å²) in [5.41, 5.74) is 1.09. The standard InChI is InChI=1S/C24H28N2O5S/c1-3-16-25(17-8-10-19-9-5-6-11-20(19)32-18-4-2)21(27)12-7-13-24(30)31-26-22(28)14-15-23(26)29/h1,5-6,8-11H,4,7,12-18H2,2H3/b10-8+. The van der Waals surface area contributed by atoms with Gasteiger partial charge in [-0.05, 0) is 30.2 Å². The van der Waals surface area contributed by atoms with Gasteiger partial charge in [-0.2, -0.15) is 0 Å². The van der Waals surface area contributed by atoms with Crippen molar-refractivity contribution < 1.29 is 24.0 Å². The van der Waals surface area contributed by atoms with Gasteiger partial charge in [-0.3, -0.25) is 14.4 Å². The molecule has 0 radical (unpaired) electrons. The zero-order valence-electron chi connectivity index (χ0n) is 18.2. The van der Waals surface area contributed by atoms with E-state index in [-0.39, 0.29) is 44.6 Å². The molecule has 1 aliphatic rings. The molecule has 0 atom stereocenters. The molecule has 0 aromatic heterocycles. The van der Waals surface area contributed by atoms with Gasteiger partial charge in [-0.15, -0.1) is 23.2 Å². The summed E-state index contributed by atoms with van der Waals surface area (Å²) in [6.45, 7) is 2.66. The summed E-state index contributed by atoms with van der Waals surface area (Å²) in [6, 6.07) is 8.09. The molecule has 1 heterocycles. The van der Waals surface area contributed by atoms with Crippen LogP contribution in [0.1, 0.15) is 51.0 Å². The van der Waals surface area contributed by atoms with E-state index >= 15 is 0 Å². The summed E-state index contributed by atoms with van der Waals surface area (Å²) in [5.74, 6) is 1.58. The van der Waals surface area contributed by atoms with E-state index in [1.165, 1.54) is 9.80 Å². The molecule has 1 aromatic carbocycles. The van der Waals surface area contributed by atoms with Crippen LogP contribution >= 0.6 is 11.8 Å².